The van der Waals surface area contributed by atoms with Gasteiger partial charge in [0.15, 0.2) is 0 Å². The highest BCUT2D eigenvalue weighted by Crippen LogP contribution is 2.49. The Morgan fingerprint density at radius 1 is 1.19 bits per heavy atom. The number of amides is 2. The molecule has 1 heterocycles. The van der Waals surface area contributed by atoms with Crippen molar-refractivity contribution in [3.63, 3.8) is 0 Å². The average molecular weight is 415 g/mol. The third kappa shape index (κ3) is 2.82. The molecule has 0 aromatic heterocycles. The first-order valence-electron chi connectivity index (χ1n) is 8.73. The van der Waals surface area contributed by atoms with E-state index in [0.29, 0.717) is 17.9 Å². The second kappa shape index (κ2) is 6.83. The van der Waals surface area contributed by atoms with Crippen LogP contribution in [0.5, 0.6) is 5.75 Å². The van der Waals surface area contributed by atoms with Crippen LogP contribution >= 0.6 is 15.9 Å². The molecule has 6 heteroatoms. The Hall–Kier alpha value is -2.21. The molecule has 2 bridgehead atoms. The Balaban J connectivity index is 1.60. The number of hydrogen-bond acceptors (Lipinski definition) is 4. The van der Waals surface area contributed by atoms with Crippen molar-refractivity contribution in [2.45, 2.75) is 12.8 Å². The van der Waals surface area contributed by atoms with Crippen molar-refractivity contribution in [2.24, 2.45) is 28.8 Å². The number of nitrogens with zero attached hydrogens (tertiary/aromatic N) is 2. The summed E-state index contributed by atoms with van der Waals surface area (Å²) in [6.45, 7) is 4.01. The highest BCUT2D eigenvalue weighted by molar-refractivity contribution is 9.10. The summed E-state index contributed by atoms with van der Waals surface area (Å²) in [6, 6.07) is 5.51. The summed E-state index contributed by atoms with van der Waals surface area (Å²) in [6.07, 6.45) is 9.33. The smallest absolute Gasteiger partial charge is 0.254 e. The van der Waals surface area contributed by atoms with Crippen LogP contribution in [-0.2, 0) is 9.59 Å². The first kappa shape index (κ1) is 17.2. The number of imide groups is 1. The van der Waals surface area contributed by atoms with Crippen molar-refractivity contribution in [2.75, 3.05) is 6.61 Å². The third-order valence-electron chi connectivity index (χ3n) is 5.38. The van der Waals surface area contributed by atoms with E-state index in [-0.39, 0.29) is 35.5 Å². The van der Waals surface area contributed by atoms with Gasteiger partial charge in [0, 0.05) is 10.0 Å². The molecule has 5 rings (SSSR count). The maximum absolute atomic E-state index is 12.8. The molecule has 0 spiro atoms. The minimum absolute atomic E-state index is 0.166. The van der Waals surface area contributed by atoms with Gasteiger partial charge in [-0.2, -0.15) is 10.1 Å². The maximum Gasteiger partial charge on any atom is 0.254 e. The lowest BCUT2D eigenvalue weighted by Crippen LogP contribution is -2.38. The number of halogens is 1. The molecule has 134 valence electrons. The van der Waals surface area contributed by atoms with Crippen molar-refractivity contribution in [3.8, 4) is 5.75 Å². The maximum atomic E-state index is 12.8. The zero-order valence-corrected chi connectivity index (χ0v) is 15.8. The van der Waals surface area contributed by atoms with Crippen LogP contribution in [0.3, 0.4) is 0 Å². The van der Waals surface area contributed by atoms with Crippen LogP contribution in [0.15, 0.2) is 52.6 Å². The summed E-state index contributed by atoms with van der Waals surface area (Å²) in [4.78, 5) is 25.6. The number of hydrazone groups is 1. The van der Waals surface area contributed by atoms with E-state index in [0.717, 1.165) is 22.3 Å². The minimum Gasteiger partial charge on any atom is -0.489 e. The van der Waals surface area contributed by atoms with Crippen LogP contribution < -0.4 is 4.74 Å². The molecular weight excluding hydrogens is 396 g/mol. The Labute approximate surface area is 160 Å². The van der Waals surface area contributed by atoms with E-state index in [4.69, 9.17) is 4.74 Å². The van der Waals surface area contributed by atoms with E-state index < -0.39 is 0 Å². The Bertz CT molecular complexity index is 800. The van der Waals surface area contributed by atoms with Crippen molar-refractivity contribution in [1.82, 2.24) is 5.01 Å². The first-order chi connectivity index (χ1) is 12.6. The number of fused-ring (bicyclic) bond motifs is 1. The molecular formula is C20H19BrN2O3. The monoisotopic (exact) mass is 414 g/mol. The quantitative estimate of drug-likeness (QED) is 0.420. The van der Waals surface area contributed by atoms with Crippen LogP contribution in [0.2, 0.25) is 0 Å². The summed E-state index contributed by atoms with van der Waals surface area (Å²) in [5, 5.41) is 5.30. The standard InChI is InChI=1S/C20H19BrN2O3/c1-2-9-26-16-8-7-15(21)10-14(16)11-22-23-19(24)17-12-3-4-13(6-5-12)18(17)20(23)25/h2-4,7-8,10-13,17-18H,1,5-6,9H2/b22-11-/t12-,13-,17+,18+/m0/s1. The van der Waals surface area contributed by atoms with Gasteiger partial charge in [-0.25, -0.2) is 0 Å². The van der Waals surface area contributed by atoms with Crippen LogP contribution in [0.4, 0.5) is 0 Å². The van der Waals surface area contributed by atoms with Gasteiger partial charge in [0.1, 0.15) is 12.4 Å². The predicted octanol–water partition coefficient (Wildman–Crippen LogP) is 3.55. The van der Waals surface area contributed by atoms with E-state index in [2.05, 4.69) is 39.8 Å². The molecule has 0 unspecified atom stereocenters. The predicted molar refractivity (Wildman–Crippen MR) is 102 cm³/mol. The molecule has 0 radical (unpaired) electrons. The molecule has 1 saturated heterocycles. The number of carbonyl (C=O) groups is 2. The largest absolute Gasteiger partial charge is 0.489 e. The van der Waals surface area contributed by atoms with Gasteiger partial charge >= 0.3 is 0 Å². The topological polar surface area (TPSA) is 59.0 Å². The van der Waals surface area contributed by atoms with E-state index in [9.17, 15) is 9.59 Å². The summed E-state index contributed by atoms with van der Waals surface area (Å²) >= 11 is 3.42. The lowest BCUT2D eigenvalue weighted by molar-refractivity contribution is -0.140. The van der Waals surface area contributed by atoms with Gasteiger partial charge in [0.25, 0.3) is 11.8 Å². The zero-order valence-electron chi connectivity index (χ0n) is 14.2. The van der Waals surface area contributed by atoms with Gasteiger partial charge in [-0.1, -0.05) is 40.7 Å². The highest BCUT2D eigenvalue weighted by atomic mass is 79.9. The molecule has 1 saturated carbocycles. The number of carbonyl (C=O) groups excluding carboxylic acids is 2. The Kier molecular flexibility index (Phi) is 4.53. The van der Waals surface area contributed by atoms with Crippen molar-refractivity contribution >= 4 is 34.0 Å². The molecule has 2 fully saturated rings. The van der Waals surface area contributed by atoms with Crippen LogP contribution in [-0.4, -0.2) is 29.6 Å². The molecule has 3 aliphatic carbocycles. The van der Waals surface area contributed by atoms with Gasteiger partial charge in [0.2, 0.25) is 0 Å². The molecule has 4 aliphatic rings. The molecule has 1 aromatic rings. The van der Waals surface area contributed by atoms with Crippen molar-refractivity contribution in [1.29, 1.82) is 0 Å². The number of rotatable bonds is 5. The summed E-state index contributed by atoms with van der Waals surface area (Å²) in [5.74, 6) is 0.0932. The van der Waals surface area contributed by atoms with E-state index in [1.54, 1.807) is 6.08 Å². The number of ether oxygens (including phenoxy) is 1. The number of benzene rings is 1. The van der Waals surface area contributed by atoms with Crippen LogP contribution in [0.1, 0.15) is 18.4 Å². The van der Waals surface area contributed by atoms with Crippen molar-refractivity contribution < 1.29 is 14.3 Å². The van der Waals surface area contributed by atoms with Gasteiger partial charge < -0.3 is 4.74 Å². The lowest BCUT2D eigenvalue weighted by Gasteiger charge is -2.37. The fourth-order valence-electron chi connectivity index (χ4n) is 4.19. The molecule has 4 atom stereocenters. The fourth-order valence-corrected chi connectivity index (χ4v) is 4.57. The van der Waals surface area contributed by atoms with Gasteiger partial charge in [-0.3, -0.25) is 9.59 Å². The van der Waals surface area contributed by atoms with Gasteiger partial charge in [-0.15, -0.1) is 0 Å². The number of hydrogen-bond donors (Lipinski definition) is 0. The molecule has 2 amide bonds. The molecule has 0 N–H and O–H groups in total. The Morgan fingerprint density at radius 2 is 1.85 bits per heavy atom. The molecule has 26 heavy (non-hydrogen) atoms. The van der Waals surface area contributed by atoms with E-state index in [1.807, 2.05) is 18.2 Å². The second-order valence-corrected chi connectivity index (χ2v) is 7.77. The molecule has 1 aromatic carbocycles. The second-order valence-electron chi connectivity index (χ2n) is 6.86. The average Bonchev–Trinajstić information content (AvgIpc) is 2.93. The van der Waals surface area contributed by atoms with Gasteiger partial charge in [-0.05, 0) is 42.9 Å². The van der Waals surface area contributed by atoms with E-state index in [1.165, 1.54) is 6.21 Å². The lowest BCUT2D eigenvalue weighted by atomic mass is 9.63. The van der Waals surface area contributed by atoms with Crippen LogP contribution in [0.25, 0.3) is 0 Å². The van der Waals surface area contributed by atoms with Crippen molar-refractivity contribution in [3.05, 3.63) is 53.0 Å². The number of allylic oxidation sites excluding steroid dienone is 2. The molecule has 1 aliphatic heterocycles. The Morgan fingerprint density at radius 3 is 2.42 bits per heavy atom. The normalized spacial score (nSPS) is 29.5. The summed E-state index contributed by atoms with van der Waals surface area (Å²) in [7, 11) is 0. The minimum atomic E-state index is -0.248. The summed E-state index contributed by atoms with van der Waals surface area (Å²) < 4.78 is 6.48. The SMILES string of the molecule is C=CCOc1ccc(Br)cc1/C=N\N1C(=O)[C@H]2[C@H](C1=O)[C@H]1C=C[C@H]2CC1. The fraction of sp³-hybridized carbons (Fsp3) is 0.350. The summed E-state index contributed by atoms with van der Waals surface area (Å²) in [5.41, 5.74) is 0.692. The highest BCUT2D eigenvalue weighted by Gasteiger charge is 2.56. The third-order valence-corrected chi connectivity index (χ3v) is 5.87. The van der Waals surface area contributed by atoms with Crippen LogP contribution in [0, 0.1) is 23.7 Å². The van der Waals surface area contributed by atoms with Gasteiger partial charge in [0.05, 0.1) is 18.1 Å². The van der Waals surface area contributed by atoms with E-state index >= 15 is 0 Å². The molecule has 5 nitrogen and oxygen atoms in total. The first-order valence-corrected chi connectivity index (χ1v) is 9.53. The zero-order chi connectivity index (χ0) is 18.3.